The molecule has 1 aromatic rings. The first-order valence-electron chi connectivity index (χ1n) is 5.23. The number of rotatable bonds is 4. The van der Waals surface area contributed by atoms with Gasteiger partial charge in [0.05, 0.1) is 11.9 Å². The molecular weight excluding hydrogens is 204 g/mol. The number of carbonyl (C=O) groups is 1. The van der Waals surface area contributed by atoms with Gasteiger partial charge >= 0.3 is 0 Å². The zero-order valence-corrected chi connectivity index (χ0v) is 9.87. The van der Waals surface area contributed by atoms with Crippen LogP contribution in [-0.2, 0) is 0 Å². The van der Waals surface area contributed by atoms with Gasteiger partial charge < -0.3 is 10.7 Å². The molecule has 0 spiro atoms. The molecule has 0 fully saturated rings. The Labute approximate surface area is 95.4 Å². The molecule has 4 N–H and O–H groups in total. The van der Waals surface area contributed by atoms with Gasteiger partial charge in [0.2, 0.25) is 0 Å². The molecule has 1 rings (SSSR count). The van der Waals surface area contributed by atoms with E-state index in [0.717, 1.165) is 6.42 Å². The van der Waals surface area contributed by atoms with E-state index in [1.165, 1.54) is 6.20 Å². The Kier molecular flexibility index (Phi) is 3.84. The monoisotopic (exact) mass is 222 g/mol. The van der Waals surface area contributed by atoms with Crippen molar-refractivity contribution < 1.29 is 4.79 Å². The Hall–Kier alpha value is -1.62. The van der Waals surface area contributed by atoms with E-state index in [9.17, 15) is 4.79 Å². The first-order chi connectivity index (χ1) is 7.48. The summed E-state index contributed by atoms with van der Waals surface area (Å²) in [7, 11) is 0. The van der Waals surface area contributed by atoms with Crippen molar-refractivity contribution in [2.75, 3.05) is 5.43 Å². The van der Waals surface area contributed by atoms with Gasteiger partial charge in [-0.05, 0) is 32.4 Å². The Balaban J connectivity index is 2.73. The van der Waals surface area contributed by atoms with Crippen molar-refractivity contribution in [1.82, 2.24) is 10.3 Å². The van der Waals surface area contributed by atoms with Crippen LogP contribution in [-0.4, -0.2) is 16.4 Å². The zero-order valence-electron chi connectivity index (χ0n) is 9.87. The van der Waals surface area contributed by atoms with Gasteiger partial charge in [-0.3, -0.25) is 10.6 Å². The van der Waals surface area contributed by atoms with E-state index in [2.05, 4.69) is 15.7 Å². The summed E-state index contributed by atoms with van der Waals surface area (Å²) < 4.78 is 0. The number of hydrogen-bond donors (Lipinski definition) is 3. The number of nitrogen functional groups attached to an aromatic ring is 1. The molecule has 88 valence electrons. The quantitative estimate of drug-likeness (QED) is 0.529. The highest BCUT2D eigenvalue weighted by molar-refractivity contribution is 5.92. The zero-order chi connectivity index (χ0) is 12.2. The summed E-state index contributed by atoms with van der Waals surface area (Å²) in [5.74, 6) is 5.04. The van der Waals surface area contributed by atoms with Crippen molar-refractivity contribution in [3.63, 3.8) is 0 Å². The van der Waals surface area contributed by atoms with Crippen molar-refractivity contribution in [3.05, 3.63) is 24.0 Å². The van der Waals surface area contributed by atoms with Gasteiger partial charge in [0.1, 0.15) is 5.69 Å². The number of nitrogens with two attached hydrogens (primary N) is 1. The number of nitrogens with one attached hydrogen (secondary N) is 2. The minimum Gasteiger partial charge on any atom is -0.346 e. The van der Waals surface area contributed by atoms with Crippen LogP contribution >= 0.6 is 0 Å². The van der Waals surface area contributed by atoms with Crippen molar-refractivity contribution in [2.45, 2.75) is 32.7 Å². The van der Waals surface area contributed by atoms with E-state index in [4.69, 9.17) is 5.84 Å². The average Bonchev–Trinajstić information content (AvgIpc) is 2.28. The van der Waals surface area contributed by atoms with E-state index >= 15 is 0 Å². The van der Waals surface area contributed by atoms with E-state index in [-0.39, 0.29) is 11.4 Å². The Morgan fingerprint density at radius 2 is 2.19 bits per heavy atom. The lowest BCUT2D eigenvalue weighted by Gasteiger charge is -2.24. The Morgan fingerprint density at radius 1 is 1.50 bits per heavy atom. The molecule has 0 bridgehead atoms. The molecule has 16 heavy (non-hydrogen) atoms. The number of hydrazine groups is 1. The molecule has 1 amide bonds. The van der Waals surface area contributed by atoms with Crippen LogP contribution < -0.4 is 16.6 Å². The number of anilines is 1. The fourth-order valence-corrected chi connectivity index (χ4v) is 1.07. The van der Waals surface area contributed by atoms with E-state index in [1.54, 1.807) is 12.1 Å². The molecule has 5 nitrogen and oxygen atoms in total. The van der Waals surface area contributed by atoms with Crippen LogP contribution in [0.4, 0.5) is 5.69 Å². The molecule has 0 saturated heterocycles. The number of aromatic nitrogens is 1. The van der Waals surface area contributed by atoms with Crippen molar-refractivity contribution in [1.29, 1.82) is 0 Å². The van der Waals surface area contributed by atoms with Gasteiger partial charge in [-0.1, -0.05) is 6.92 Å². The minimum atomic E-state index is -0.219. The molecule has 0 aromatic carbocycles. The molecule has 0 saturated carbocycles. The summed E-state index contributed by atoms with van der Waals surface area (Å²) >= 11 is 0. The van der Waals surface area contributed by atoms with Gasteiger partial charge in [-0.25, -0.2) is 4.98 Å². The first-order valence-corrected chi connectivity index (χ1v) is 5.23. The number of pyridine rings is 1. The van der Waals surface area contributed by atoms with Crippen LogP contribution in [0.2, 0.25) is 0 Å². The number of nitrogens with zero attached hydrogens (tertiary/aromatic N) is 1. The van der Waals surface area contributed by atoms with Crippen LogP contribution in [0.1, 0.15) is 37.7 Å². The van der Waals surface area contributed by atoms with Crippen LogP contribution in [0.3, 0.4) is 0 Å². The summed E-state index contributed by atoms with van der Waals surface area (Å²) in [6.45, 7) is 5.97. The summed E-state index contributed by atoms with van der Waals surface area (Å²) in [5.41, 5.74) is 3.30. The van der Waals surface area contributed by atoms with Crippen LogP contribution in [0.5, 0.6) is 0 Å². The van der Waals surface area contributed by atoms with E-state index in [0.29, 0.717) is 11.4 Å². The minimum absolute atomic E-state index is 0.171. The molecule has 0 aliphatic heterocycles. The summed E-state index contributed by atoms with van der Waals surface area (Å²) in [6, 6.07) is 3.34. The normalized spacial score (nSPS) is 11.0. The van der Waals surface area contributed by atoms with Gasteiger partial charge in [0.25, 0.3) is 5.91 Å². The molecule has 1 heterocycles. The standard InChI is InChI=1S/C11H18N4O/c1-4-11(2,3)14-10(16)9-6-5-8(15-12)7-13-9/h5-7,15H,4,12H2,1-3H3,(H,14,16). The van der Waals surface area contributed by atoms with E-state index < -0.39 is 0 Å². The molecule has 0 atom stereocenters. The fraction of sp³-hybridized carbons (Fsp3) is 0.455. The predicted octanol–water partition coefficient (Wildman–Crippen LogP) is 1.29. The fourth-order valence-electron chi connectivity index (χ4n) is 1.07. The molecule has 0 unspecified atom stereocenters. The SMILES string of the molecule is CCC(C)(C)NC(=O)c1ccc(NN)cn1. The third-order valence-electron chi connectivity index (χ3n) is 2.50. The number of amides is 1. The Bertz CT molecular complexity index is 359. The predicted molar refractivity (Wildman–Crippen MR) is 63.9 cm³/mol. The second-order valence-corrected chi connectivity index (χ2v) is 4.27. The van der Waals surface area contributed by atoms with Crippen molar-refractivity contribution >= 4 is 11.6 Å². The van der Waals surface area contributed by atoms with Crippen LogP contribution in [0.15, 0.2) is 18.3 Å². The van der Waals surface area contributed by atoms with Gasteiger partial charge in [-0.15, -0.1) is 0 Å². The molecule has 0 aliphatic carbocycles. The largest absolute Gasteiger partial charge is 0.346 e. The van der Waals surface area contributed by atoms with Gasteiger partial charge in [-0.2, -0.15) is 0 Å². The van der Waals surface area contributed by atoms with E-state index in [1.807, 2.05) is 20.8 Å². The van der Waals surface area contributed by atoms with Crippen molar-refractivity contribution in [2.24, 2.45) is 5.84 Å². The maximum atomic E-state index is 11.8. The lowest BCUT2D eigenvalue weighted by atomic mass is 10.0. The maximum absolute atomic E-state index is 11.8. The second kappa shape index (κ2) is 4.94. The lowest BCUT2D eigenvalue weighted by Crippen LogP contribution is -2.43. The summed E-state index contributed by atoms with van der Waals surface area (Å²) in [6.07, 6.45) is 2.38. The first kappa shape index (κ1) is 12.4. The van der Waals surface area contributed by atoms with Gasteiger partial charge in [0.15, 0.2) is 0 Å². The number of hydrogen-bond acceptors (Lipinski definition) is 4. The smallest absolute Gasteiger partial charge is 0.270 e. The average molecular weight is 222 g/mol. The molecule has 0 aliphatic rings. The molecule has 1 aromatic heterocycles. The lowest BCUT2D eigenvalue weighted by molar-refractivity contribution is 0.0906. The summed E-state index contributed by atoms with van der Waals surface area (Å²) in [4.78, 5) is 15.8. The van der Waals surface area contributed by atoms with Crippen molar-refractivity contribution in [3.8, 4) is 0 Å². The second-order valence-electron chi connectivity index (χ2n) is 4.27. The Morgan fingerprint density at radius 3 is 2.62 bits per heavy atom. The molecular formula is C11H18N4O. The highest BCUT2D eigenvalue weighted by Gasteiger charge is 2.19. The maximum Gasteiger partial charge on any atom is 0.270 e. The molecule has 0 radical (unpaired) electrons. The van der Waals surface area contributed by atoms with Crippen LogP contribution in [0, 0.1) is 0 Å². The number of carbonyl (C=O) groups excluding carboxylic acids is 1. The summed E-state index contributed by atoms with van der Waals surface area (Å²) in [5, 5.41) is 2.91. The highest BCUT2D eigenvalue weighted by Crippen LogP contribution is 2.09. The third-order valence-corrected chi connectivity index (χ3v) is 2.50. The topological polar surface area (TPSA) is 80.0 Å². The van der Waals surface area contributed by atoms with Gasteiger partial charge in [0, 0.05) is 5.54 Å². The third kappa shape index (κ3) is 3.20. The molecule has 5 heteroatoms. The van der Waals surface area contributed by atoms with Crippen LogP contribution in [0.25, 0.3) is 0 Å². The highest BCUT2D eigenvalue weighted by atomic mass is 16.2.